The van der Waals surface area contributed by atoms with E-state index in [-0.39, 0.29) is 0 Å². The molecule has 0 radical (unpaired) electrons. The predicted molar refractivity (Wildman–Crippen MR) is 373 cm³/mol. The van der Waals surface area contributed by atoms with Crippen molar-refractivity contribution >= 4 is 40.7 Å². The Labute approximate surface area is 524 Å². The molecule has 0 saturated carbocycles. The number of likely N-dealkylation sites (tertiary alicyclic amines) is 1. The van der Waals surface area contributed by atoms with E-state index in [1.165, 1.54) is 103 Å². The van der Waals surface area contributed by atoms with E-state index in [9.17, 15) is 4.39 Å². The quantitative estimate of drug-likeness (QED) is 0.0952. The van der Waals surface area contributed by atoms with Crippen LogP contribution in [0, 0.1) is 19.8 Å². The zero-order valence-corrected chi connectivity index (χ0v) is 58.7. The second kappa shape index (κ2) is 40.9. The number of anilines is 1. The summed E-state index contributed by atoms with van der Waals surface area (Å²) in [5.74, 6) is 4.99. The van der Waals surface area contributed by atoms with Crippen LogP contribution in [0.4, 0.5) is 10.1 Å². The van der Waals surface area contributed by atoms with Gasteiger partial charge in [-0.15, -0.1) is 11.8 Å². The molecule has 3 nitrogen and oxygen atoms in total. The van der Waals surface area contributed by atoms with Crippen LogP contribution in [0.15, 0.2) is 138 Å². The van der Waals surface area contributed by atoms with E-state index in [2.05, 4.69) is 245 Å². The highest BCUT2D eigenvalue weighted by Gasteiger charge is 2.18. The summed E-state index contributed by atoms with van der Waals surface area (Å²) in [7, 11) is 4.12. The average molecular weight is 1190 g/mol. The van der Waals surface area contributed by atoms with Gasteiger partial charge in [0.1, 0.15) is 5.75 Å². The molecule has 1 aliphatic heterocycles. The van der Waals surface area contributed by atoms with Gasteiger partial charge in [0.2, 0.25) is 6.36 Å². The van der Waals surface area contributed by atoms with Gasteiger partial charge in [0.05, 0.1) is 0 Å². The molecular formula is C76H115Cl2FN2OS. The van der Waals surface area contributed by atoms with E-state index in [1.807, 2.05) is 44.2 Å². The van der Waals surface area contributed by atoms with E-state index < -0.39 is 6.36 Å². The molecule has 462 valence electrons. The fraction of sp³-hybridized carbons (Fsp3) is 0.526. The monoisotopic (exact) mass is 1190 g/mol. The van der Waals surface area contributed by atoms with Gasteiger partial charge in [-0.3, -0.25) is 0 Å². The molecule has 0 aromatic heterocycles. The molecule has 1 aliphatic rings. The second-order valence-electron chi connectivity index (χ2n) is 25.4. The SMILES string of the molecule is CC(C)CCN1CCCCC1.CC(C)c1ccc(N(C)C)cc1.CC(F)Oc1cccc(C(C)C)c1.CCC(C)(C)c1ccc(C(C)C)cc1.CSc1cccc(C(C)C)c1.Cc1cc(C(C)C)ccc1Cl.Cc1cc(C(C)C)ccc1Cl. The molecule has 1 heterocycles. The number of benzene rings is 6. The van der Waals surface area contributed by atoms with E-state index in [1.54, 1.807) is 17.8 Å². The molecule has 0 spiro atoms. The number of alkyl halides is 1. The molecule has 0 N–H and O–H groups in total. The normalized spacial score (nSPS) is 12.6. The highest BCUT2D eigenvalue weighted by Crippen LogP contribution is 2.29. The van der Waals surface area contributed by atoms with Crippen molar-refractivity contribution in [2.24, 2.45) is 5.92 Å². The van der Waals surface area contributed by atoms with E-state index in [0.29, 0.717) is 46.7 Å². The van der Waals surface area contributed by atoms with Gasteiger partial charge in [0.15, 0.2) is 0 Å². The highest BCUT2D eigenvalue weighted by molar-refractivity contribution is 7.98. The van der Waals surface area contributed by atoms with Gasteiger partial charge in [-0.25, -0.2) is 4.39 Å². The number of halogens is 3. The van der Waals surface area contributed by atoms with Gasteiger partial charge >= 0.3 is 0 Å². The molecule has 7 rings (SSSR count). The van der Waals surface area contributed by atoms with Gasteiger partial charge in [-0.1, -0.05) is 232 Å². The number of nitrogens with zero attached hydrogens (tertiary/aromatic N) is 2. The molecule has 1 atom stereocenters. The molecule has 83 heavy (non-hydrogen) atoms. The van der Waals surface area contributed by atoms with Crippen LogP contribution >= 0.6 is 35.0 Å². The average Bonchev–Trinajstić information content (AvgIpc) is 3.52. The van der Waals surface area contributed by atoms with Gasteiger partial charge in [0.25, 0.3) is 0 Å². The second-order valence-corrected chi connectivity index (χ2v) is 27.1. The number of rotatable bonds is 15. The van der Waals surface area contributed by atoms with Crippen LogP contribution in [-0.2, 0) is 5.41 Å². The number of piperidine rings is 1. The van der Waals surface area contributed by atoms with Crippen molar-refractivity contribution in [3.63, 3.8) is 0 Å². The van der Waals surface area contributed by atoms with E-state index >= 15 is 0 Å². The van der Waals surface area contributed by atoms with Crippen molar-refractivity contribution in [2.45, 2.75) is 223 Å². The molecule has 6 aromatic rings. The third kappa shape index (κ3) is 32.2. The smallest absolute Gasteiger partial charge is 0.235 e. The summed E-state index contributed by atoms with van der Waals surface area (Å²) in [5.41, 5.74) is 13.5. The van der Waals surface area contributed by atoms with Crippen LogP contribution in [0.1, 0.15) is 242 Å². The Morgan fingerprint density at radius 3 is 1.30 bits per heavy atom. The van der Waals surface area contributed by atoms with Crippen molar-refractivity contribution in [3.05, 3.63) is 194 Å². The van der Waals surface area contributed by atoms with Gasteiger partial charge in [-0.2, -0.15) is 0 Å². The van der Waals surface area contributed by atoms with Crippen molar-refractivity contribution in [3.8, 4) is 5.75 Å². The number of hydrogen-bond acceptors (Lipinski definition) is 4. The largest absolute Gasteiger partial charge is 0.461 e. The molecule has 6 aromatic carbocycles. The predicted octanol–water partition coefficient (Wildman–Crippen LogP) is 24.5. The first-order chi connectivity index (χ1) is 38.9. The number of hydrogen-bond donors (Lipinski definition) is 0. The van der Waals surface area contributed by atoms with Gasteiger partial charge in [-0.05, 0) is 211 Å². The Morgan fingerprint density at radius 2 is 0.928 bits per heavy atom. The fourth-order valence-electron chi connectivity index (χ4n) is 8.49. The van der Waals surface area contributed by atoms with Crippen molar-refractivity contribution in [1.29, 1.82) is 0 Å². The Balaban J connectivity index is 0.000000485. The maximum absolute atomic E-state index is 12.5. The van der Waals surface area contributed by atoms with Crippen LogP contribution in [0.5, 0.6) is 5.75 Å². The van der Waals surface area contributed by atoms with Crippen LogP contribution in [0.25, 0.3) is 0 Å². The van der Waals surface area contributed by atoms with E-state index in [0.717, 1.165) is 32.7 Å². The Hall–Kier alpha value is -4.26. The van der Waals surface area contributed by atoms with Crippen LogP contribution < -0.4 is 9.64 Å². The lowest BCUT2D eigenvalue weighted by atomic mass is 9.81. The lowest BCUT2D eigenvalue weighted by molar-refractivity contribution is 0.0859. The summed E-state index contributed by atoms with van der Waals surface area (Å²) in [4.78, 5) is 6.09. The lowest BCUT2D eigenvalue weighted by Gasteiger charge is -2.26. The van der Waals surface area contributed by atoms with Crippen LogP contribution in [0.3, 0.4) is 0 Å². The maximum Gasteiger partial charge on any atom is 0.235 e. The summed E-state index contributed by atoms with van der Waals surface area (Å²) in [5, 5.41) is 1.71. The zero-order valence-electron chi connectivity index (χ0n) is 56.3. The number of aryl methyl sites for hydroxylation is 2. The molecule has 0 bridgehead atoms. The minimum atomic E-state index is -1.25. The zero-order chi connectivity index (χ0) is 63.0. The van der Waals surface area contributed by atoms with Crippen molar-refractivity contribution in [2.75, 3.05) is 44.9 Å². The first-order valence-electron chi connectivity index (χ1n) is 31.1. The van der Waals surface area contributed by atoms with Crippen molar-refractivity contribution in [1.82, 2.24) is 4.90 Å². The summed E-state index contributed by atoms with van der Waals surface area (Å²) in [6.07, 6.45) is 7.74. The Bertz CT molecular complexity index is 2550. The van der Waals surface area contributed by atoms with Crippen LogP contribution in [0.2, 0.25) is 10.0 Å². The Kier molecular flexibility index (Phi) is 37.9. The topological polar surface area (TPSA) is 15.7 Å². The first-order valence-corrected chi connectivity index (χ1v) is 33.1. The fourth-order valence-corrected chi connectivity index (χ4v) is 9.20. The molecule has 1 saturated heterocycles. The molecule has 1 fully saturated rings. The standard InChI is InChI=1S/C14H22.C11H15FO.C11H17N.2C10H13Cl.C10H21N.C10H14S/c1-6-14(4,5)13-9-7-12(8-10-13)11(2)3;1-8(2)10-5-4-6-11(7-10)13-9(3)12;1-9(2)10-5-7-11(8-6-10)12(3)4;2*1-7(2)9-4-5-10(11)8(3)6-9;1-10(2)6-9-11-7-4-3-5-8-11;1-8(2)9-5-4-6-10(7-9)11-3/h7-11H,6H2,1-5H3;4-9H,1-3H3;5-9H,1-4H3;2*4-7H,1-3H3;10H,3-9H2,1-2H3;4-8H,1-3H3. The summed E-state index contributed by atoms with van der Waals surface area (Å²) in [6.45, 7) is 47.2. The highest BCUT2D eigenvalue weighted by atomic mass is 35.5. The molecule has 1 unspecified atom stereocenters. The molecule has 0 amide bonds. The minimum absolute atomic E-state index is 0.315. The minimum Gasteiger partial charge on any atom is -0.461 e. The summed E-state index contributed by atoms with van der Waals surface area (Å²) < 4.78 is 17.4. The third-order valence-corrected chi connectivity index (χ3v) is 16.6. The molecule has 0 aliphatic carbocycles. The summed E-state index contributed by atoms with van der Waals surface area (Å²) >= 11 is 13.6. The third-order valence-electron chi connectivity index (χ3n) is 15.1. The van der Waals surface area contributed by atoms with E-state index in [4.69, 9.17) is 27.9 Å². The maximum atomic E-state index is 12.5. The lowest BCUT2D eigenvalue weighted by Crippen LogP contribution is -2.31. The Morgan fingerprint density at radius 1 is 0.530 bits per heavy atom. The van der Waals surface area contributed by atoms with Gasteiger partial charge < -0.3 is 14.5 Å². The van der Waals surface area contributed by atoms with Crippen LogP contribution in [-0.4, -0.2) is 51.2 Å². The number of thioether (sulfide) groups is 1. The van der Waals surface area contributed by atoms with Crippen molar-refractivity contribution < 1.29 is 9.13 Å². The first kappa shape index (κ1) is 76.8. The molecule has 7 heteroatoms. The number of ether oxygens (including phenoxy) is 1. The summed E-state index contributed by atoms with van der Waals surface area (Å²) in [6, 6.07) is 46.4. The molecular weight excluding hydrogens is 1080 g/mol. The van der Waals surface area contributed by atoms with Gasteiger partial charge in [0, 0.05) is 41.6 Å².